The standard InChI is InChI=1S/C24H22N6O.BrH/c1-15-20(14-25)22(16-4-8-19(31)9-5-16)27-24-21(15)23(28-29-24)17-2-6-18(7-3-17)30-12-10-26-11-13-30;/h2-9,26,31H,10-13H2,1H3,(H,27,28,29);1H. The van der Waals surface area contributed by atoms with Gasteiger partial charge in [0, 0.05) is 43.0 Å². The first-order valence-electron chi connectivity index (χ1n) is 10.3. The number of nitriles is 1. The lowest BCUT2D eigenvalue weighted by molar-refractivity contribution is 0.475. The van der Waals surface area contributed by atoms with Crippen LogP contribution in [0, 0.1) is 18.3 Å². The second-order valence-corrected chi connectivity index (χ2v) is 7.70. The van der Waals surface area contributed by atoms with E-state index in [-0.39, 0.29) is 22.7 Å². The Labute approximate surface area is 196 Å². The van der Waals surface area contributed by atoms with Crippen LogP contribution in [-0.4, -0.2) is 46.5 Å². The third-order valence-corrected chi connectivity index (χ3v) is 5.84. The Hall–Kier alpha value is -3.41. The van der Waals surface area contributed by atoms with Gasteiger partial charge in [-0.3, -0.25) is 5.10 Å². The number of phenols is 1. The molecule has 1 aliphatic heterocycles. The summed E-state index contributed by atoms with van der Waals surface area (Å²) < 4.78 is 0. The Morgan fingerprint density at radius 1 is 1.00 bits per heavy atom. The van der Waals surface area contributed by atoms with Crippen molar-refractivity contribution in [1.82, 2.24) is 20.5 Å². The van der Waals surface area contributed by atoms with Crippen molar-refractivity contribution in [3.63, 3.8) is 0 Å². The number of aryl methyl sites for hydroxylation is 1. The molecule has 2 aromatic carbocycles. The van der Waals surface area contributed by atoms with Crippen molar-refractivity contribution in [3.05, 3.63) is 59.7 Å². The fourth-order valence-electron chi connectivity index (χ4n) is 4.17. The third-order valence-electron chi connectivity index (χ3n) is 5.84. The number of nitrogens with zero attached hydrogens (tertiary/aromatic N) is 4. The Bertz CT molecular complexity index is 1290. The van der Waals surface area contributed by atoms with Crippen LogP contribution in [0.15, 0.2) is 48.5 Å². The van der Waals surface area contributed by atoms with Crippen LogP contribution in [0.5, 0.6) is 5.75 Å². The van der Waals surface area contributed by atoms with Crippen molar-refractivity contribution in [1.29, 1.82) is 5.26 Å². The van der Waals surface area contributed by atoms with Crippen LogP contribution in [0.2, 0.25) is 0 Å². The summed E-state index contributed by atoms with van der Waals surface area (Å²) in [4.78, 5) is 7.05. The molecule has 0 amide bonds. The maximum Gasteiger partial charge on any atom is 0.182 e. The second-order valence-electron chi connectivity index (χ2n) is 7.70. The quantitative estimate of drug-likeness (QED) is 0.398. The highest BCUT2D eigenvalue weighted by Gasteiger charge is 2.19. The molecule has 0 saturated carbocycles. The monoisotopic (exact) mass is 490 g/mol. The number of anilines is 1. The molecule has 1 fully saturated rings. The minimum atomic E-state index is 0. The lowest BCUT2D eigenvalue weighted by atomic mass is 9.97. The number of aromatic hydroxyl groups is 1. The predicted molar refractivity (Wildman–Crippen MR) is 131 cm³/mol. The van der Waals surface area contributed by atoms with Gasteiger partial charge in [0.15, 0.2) is 5.65 Å². The number of rotatable bonds is 3. The van der Waals surface area contributed by atoms with E-state index in [4.69, 9.17) is 0 Å². The molecule has 5 rings (SSSR count). The first-order valence-corrected chi connectivity index (χ1v) is 10.3. The Kier molecular flexibility index (Phi) is 6.12. The number of benzene rings is 2. The molecule has 1 saturated heterocycles. The summed E-state index contributed by atoms with van der Waals surface area (Å²) in [5.41, 5.74) is 6.33. The molecule has 3 N–H and O–H groups in total. The zero-order valence-electron chi connectivity index (χ0n) is 17.6. The average molecular weight is 491 g/mol. The molecule has 0 bridgehead atoms. The van der Waals surface area contributed by atoms with E-state index in [9.17, 15) is 10.4 Å². The van der Waals surface area contributed by atoms with Crippen molar-refractivity contribution in [2.24, 2.45) is 0 Å². The van der Waals surface area contributed by atoms with Crippen LogP contribution in [0.25, 0.3) is 33.5 Å². The number of halogens is 1. The van der Waals surface area contributed by atoms with Gasteiger partial charge in [-0.05, 0) is 48.9 Å². The SMILES string of the molecule is Br.Cc1c(C#N)c(-c2ccc(O)cc2)nc2n[nH]c(-c3ccc(N4CCNCC4)cc3)c12. The summed E-state index contributed by atoms with van der Waals surface area (Å²) in [6.45, 7) is 5.93. The molecule has 1 aliphatic rings. The van der Waals surface area contributed by atoms with E-state index in [0.717, 1.165) is 53.9 Å². The van der Waals surface area contributed by atoms with E-state index in [1.54, 1.807) is 24.3 Å². The highest BCUT2D eigenvalue weighted by atomic mass is 79.9. The highest BCUT2D eigenvalue weighted by molar-refractivity contribution is 8.93. The Balaban J connectivity index is 0.00000245. The Morgan fingerprint density at radius 2 is 1.66 bits per heavy atom. The fourth-order valence-corrected chi connectivity index (χ4v) is 4.17. The lowest BCUT2D eigenvalue weighted by Gasteiger charge is -2.29. The van der Waals surface area contributed by atoms with Crippen molar-refractivity contribution in [2.45, 2.75) is 6.92 Å². The normalized spacial score (nSPS) is 13.6. The fraction of sp³-hybridized carbons (Fsp3) is 0.208. The van der Waals surface area contributed by atoms with Crippen LogP contribution in [0.3, 0.4) is 0 Å². The molecule has 0 aliphatic carbocycles. The number of aromatic amines is 1. The van der Waals surface area contributed by atoms with Gasteiger partial charge in [-0.1, -0.05) is 12.1 Å². The molecule has 7 nitrogen and oxygen atoms in total. The van der Waals surface area contributed by atoms with Gasteiger partial charge in [0.1, 0.15) is 11.8 Å². The first-order chi connectivity index (χ1) is 15.2. The van der Waals surface area contributed by atoms with E-state index in [0.29, 0.717) is 16.9 Å². The predicted octanol–water partition coefficient (Wildman–Crippen LogP) is 4.17. The van der Waals surface area contributed by atoms with E-state index in [1.165, 1.54) is 5.69 Å². The molecular formula is C24H23BrN6O. The van der Waals surface area contributed by atoms with Crippen LogP contribution in [-0.2, 0) is 0 Å². The van der Waals surface area contributed by atoms with Crippen molar-refractivity contribution in [2.75, 3.05) is 31.1 Å². The van der Waals surface area contributed by atoms with Gasteiger partial charge >= 0.3 is 0 Å². The van der Waals surface area contributed by atoms with Crippen LogP contribution in [0.1, 0.15) is 11.1 Å². The van der Waals surface area contributed by atoms with Crippen molar-refractivity contribution in [3.8, 4) is 34.3 Å². The summed E-state index contributed by atoms with van der Waals surface area (Å²) in [5.74, 6) is 0.173. The van der Waals surface area contributed by atoms with Crippen LogP contribution < -0.4 is 10.2 Å². The van der Waals surface area contributed by atoms with Crippen molar-refractivity contribution >= 4 is 33.7 Å². The summed E-state index contributed by atoms with van der Waals surface area (Å²) in [7, 11) is 0. The summed E-state index contributed by atoms with van der Waals surface area (Å²) in [5, 5.41) is 31.2. The minimum absolute atomic E-state index is 0. The number of phenolic OH excluding ortho intramolecular Hbond substituents is 1. The van der Waals surface area contributed by atoms with Gasteiger partial charge in [0.05, 0.1) is 22.3 Å². The maximum atomic E-state index is 9.87. The van der Waals surface area contributed by atoms with E-state index >= 15 is 0 Å². The van der Waals surface area contributed by atoms with Gasteiger partial charge in [0.25, 0.3) is 0 Å². The number of H-pyrrole nitrogens is 1. The summed E-state index contributed by atoms with van der Waals surface area (Å²) >= 11 is 0. The molecule has 0 spiro atoms. The number of hydrogen-bond acceptors (Lipinski definition) is 6. The topological polar surface area (TPSA) is 101 Å². The van der Waals surface area contributed by atoms with Gasteiger partial charge in [-0.15, -0.1) is 17.0 Å². The third kappa shape index (κ3) is 3.81. The molecule has 162 valence electrons. The second kappa shape index (κ2) is 8.99. The summed E-state index contributed by atoms with van der Waals surface area (Å²) in [6, 6.07) is 17.4. The zero-order valence-corrected chi connectivity index (χ0v) is 19.3. The van der Waals surface area contributed by atoms with E-state index < -0.39 is 0 Å². The minimum Gasteiger partial charge on any atom is -0.508 e. The van der Waals surface area contributed by atoms with Gasteiger partial charge in [0.2, 0.25) is 0 Å². The zero-order chi connectivity index (χ0) is 21.4. The first kappa shape index (κ1) is 21.8. The van der Waals surface area contributed by atoms with Gasteiger partial charge < -0.3 is 15.3 Å². The molecular weight excluding hydrogens is 468 g/mol. The molecule has 0 radical (unpaired) electrons. The number of fused-ring (bicyclic) bond motifs is 1. The molecule has 0 atom stereocenters. The molecule has 4 aromatic rings. The van der Waals surface area contributed by atoms with Crippen LogP contribution >= 0.6 is 17.0 Å². The van der Waals surface area contributed by atoms with Crippen molar-refractivity contribution < 1.29 is 5.11 Å². The molecule has 32 heavy (non-hydrogen) atoms. The van der Waals surface area contributed by atoms with E-state index in [1.807, 2.05) is 6.92 Å². The molecule has 2 aromatic heterocycles. The molecule has 8 heteroatoms. The van der Waals surface area contributed by atoms with E-state index in [2.05, 4.69) is 55.7 Å². The number of nitrogens with one attached hydrogen (secondary N) is 2. The average Bonchev–Trinajstić information content (AvgIpc) is 3.25. The maximum absolute atomic E-state index is 9.87. The summed E-state index contributed by atoms with van der Waals surface area (Å²) in [6.07, 6.45) is 0. The highest BCUT2D eigenvalue weighted by Crippen LogP contribution is 2.35. The number of aromatic nitrogens is 3. The van der Waals surface area contributed by atoms with Crippen LogP contribution in [0.4, 0.5) is 5.69 Å². The van der Waals surface area contributed by atoms with Gasteiger partial charge in [-0.25, -0.2) is 4.98 Å². The number of piperazine rings is 1. The molecule has 0 unspecified atom stereocenters. The van der Waals surface area contributed by atoms with Gasteiger partial charge in [-0.2, -0.15) is 10.4 Å². The lowest BCUT2D eigenvalue weighted by Crippen LogP contribution is -2.43. The number of pyridine rings is 1. The molecule has 3 heterocycles. The Morgan fingerprint density at radius 3 is 2.31 bits per heavy atom. The largest absolute Gasteiger partial charge is 0.508 e. The number of hydrogen-bond donors (Lipinski definition) is 3. The smallest absolute Gasteiger partial charge is 0.182 e.